The van der Waals surface area contributed by atoms with Crippen LogP contribution in [0.25, 0.3) is 0 Å². The summed E-state index contributed by atoms with van der Waals surface area (Å²) in [7, 11) is 1.65. The maximum atomic E-state index is 12.5. The van der Waals surface area contributed by atoms with E-state index in [1.165, 1.54) is 6.42 Å². The summed E-state index contributed by atoms with van der Waals surface area (Å²) in [5.41, 5.74) is 2.69. The summed E-state index contributed by atoms with van der Waals surface area (Å²) in [4.78, 5) is 14.5. The Morgan fingerprint density at radius 3 is 2.29 bits per heavy atom. The van der Waals surface area contributed by atoms with Crippen LogP contribution in [-0.2, 0) is 0 Å². The number of anilines is 1. The third-order valence-corrected chi connectivity index (χ3v) is 5.22. The van der Waals surface area contributed by atoms with Crippen LogP contribution < -0.4 is 15.4 Å². The third-order valence-electron chi connectivity index (χ3n) is 5.00. The number of amides is 1. The van der Waals surface area contributed by atoms with Crippen LogP contribution in [0.15, 0.2) is 48.5 Å². The lowest BCUT2D eigenvalue weighted by molar-refractivity contribution is 0.0724. The van der Waals surface area contributed by atoms with Crippen LogP contribution in [-0.4, -0.2) is 36.1 Å². The molecule has 0 unspecified atom stereocenters. The molecule has 148 valence electrons. The highest BCUT2D eigenvalue weighted by molar-refractivity contribution is 7.80. The number of thiocarbonyl (C=S) groups is 1. The highest BCUT2D eigenvalue weighted by Gasteiger charge is 2.18. The SMILES string of the molecule is COc1ccc([C@@H](C)NC(=S)Nc2ccc(C(=O)N3CCCCC3)cc2)cc1. The summed E-state index contributed by atoms with van der Waals surface area (Å²) in [6, 6.07) is 15.5. The summed E-state index contributed by atoms with van der Waals surface area (Å²) in [5.74, 6) is 0.941. The van der Waals surface area contributed by atoms with Gasteiger partial charge in [0, 0.05) is 24.3 Å². The van der Waals surface area contributed by atoms with E-state index in [0.29, 0.717) is 5.11 Å². The number of ether oxygens (including phenoxy) is 1. The van der Waals surface area contributed by atoms with Crippen molar-refractivity contribution < 1.29 is 9.53 Å². The zero-order chi connectivity index (χ0) is 19.9. The predicted molar refractivity (Wildman–Crippen MR) is 117 cm³/mol. The second kappa shape index (κ2) is 9.55. The number of nitrogens with zero attached hydrogens (tertiary/aromatic N) is 1. The Morgan fingerprint density at radius 2 is 1.68 bits per heavy atom. The molecule has 0 bridgehead atoms. The average molecular weight is 398 g/mol. The van der Waals surface area contributed by atoms with E-state index in [1.807, 2.05) is 53.4 Å². The summed E-state index contributed by atoms with van der Waals surface area (Å²) >= 11 is 5.43. The van der Waals surface area contributed by atoms with Crippen molar-refractivity contribution in [2.75, 3.05) is 25.5 Å². The van der Waals surface area contributed by atoms with Crippen molar-refractivity contribution in [3.63, 3.8) is 0 Å². The molecule has 1 fully saturated rings. The van der Waals surface area contributed by atoms with Gasteiger partial charge >= 0.3 is 0 Å². The molecule has 6 heteroatoms. The van der Waals surface area contributed by atoms with Crippen LogP contribution in [0.1, 0.15) is 48.1 Å². The van der Waals surface area contributed by atoms with E-state index in [0.717, 1.165) is 48.5 Å². The molecule has 1 aliphatic rings. The number of hydrogen-bond donors (Lipinski definition) is 2. The molecule has 2 aromatic rings. The molecule has 0 radical (unpaired) electrons. The molecule has 1 atom stereocenters. The smallest absolute Gasteiger partial charge is 0.253 e. The van der Waals surface area contributed by atoms with Crippen molar-refractivity contribution in [2.45, 2.75) is 32.2 Å². The van der Waals surface area contributed by atoms with Gasteiger partial charge in [-0.2, -0.15) is 0 Å². The molecule has 0 aliphatic carbocycles. The van der Waals surface area contributed by atoms with E-state index in [2.05, 4.69) is 17.6 Å². The molecule has 1 heterocycles. The fourth-order valence-corrected chi connectivity index (χ4v) is 3.61. The number of carbonyl (C=O) groups is 1. The van der Waals surface area contributed by atoms with Crippen molar-refractivity contribution in [3.8, 4) is 5.75 Å². The molecular weight excluding hydrogens is 370 g/mol. The molecule has 2 aromatic carbocycles. The number of piperidine rings is 1. The minimum atomic E-state index is 0.0610. The van der Waals surface area contributed by atoms with Gasteiger partial charge in [0.15, 0.2) is 5.11 Å². The Kier molecular flexibility index (Phi) is 6.87. The first-order chi connectivity index (χ1) is 13.6. The minimum absolute atomic E-state index is 0.0610. The van der Waals surface area contributed by atoms with Crippen LogP contribution in [0, 0.1) is 0 Å². The topological polar surface area (TPSA) is 53.6 Å². The van der Waals surface area contributed by atoms with Crippen LogP contribution in [0.2, 0.25) is 0 Å². The van der Waals surface area contributed by atoms with Crippen molar-refractivity contribution >= 4 is 28.9 Å². The van der Waals surface area contributed by atoms with E-state index in [1.54, 1.807) is 7.11 Å². The highest BCUT2D eigenvalue weighted by Crippen LogP contribution is 2.18. The molecule has 0 aromatic heterocycles. The number of carbonyl (C=O) groups excluding carboxylic acids is 1. The number of benzene rings is 2. The van der Waals surface area contributed by atoms with Gasteiger partial charge in [-0.15, -0.1) is 0 Å². The predicted octanol–water partition coefficient (Wildman–Crippen LogP) is 4.37. The molecule has 1 aliphatic heterocycles. The average Bonchev–Trinajstić information content (AvgIpc) is 2.74. The van der Waals surface area contributed by atoms with E-state index < -0.39 is 0 Å². The zero-order valence-corrected chi connectivity index (χ0v) is 17.2. The summed E-state index contributed by atoms with van der Waals surface area (Å²) in [6.45, 7) is 3.77. The molecule has 1 amide bonds. The van der Waals surface area contributed by atoms with E-state index >= 15 is 0 Å². The normalized spacial score (nSPS) is 14.9. The first-order valence-corrected chi connectivity index (χ1v) is 10.1. The Balaban J connectivity index is 1.54. The highest BCUT2D eigenvalue weighted by atomic mass is 32.1. The van der Waals surface area contributed by atoms with E-state index in [4.69, 9.17) is 17.0 Å². The number of nitrogens with one attached hydrogen (secondary N) is 2. The third kappa shape index (κ3) is 5.23. The molecule has 3 rings (SSSR count). The van der Waals surface area contributed by atoms with Crippen LogP contribution in [0.4, 0.5) is 5.69 Å². The number of likely N-dealkylation sites (tertiary alicyclic amines) is 1. The Bertz CT molecular complexity index is 800. The van der Waals surface area contributed by atoms with Gasteiger partial charge in [0.1, 0.15) is 5.75 Å². The summed E-state index contributed by atoms with van der Waals surface area (Å²) in [5, 5.41) is 7.00. The maximum Gasteiger partial charge on any atom is 0.253 e. The fraction of sp³-hybridized carbons (Fsp3) is 0.364. The van der Waals surface area contributed by atoms with Gasteiger partial charge in [0.2, 0.25) is 0 Å². The molecule has 1 saturated heterocycles. The molecule has 28 heavy (non-hydrogen) atoms. The molecular formula is C22H27N3O2S. The van der Waals surface area contributed by atoms with Gasteiger partial charge in [-0.25, -0.2) is 0 Å². The largest absolute Gasteiger partial charge is 0.497 e. The first kappa shape index (κ1) is 20.1. The van der Waals surface area contributed by atoms with Crippen molar-refractivity contribution in [3.05, 3.63) is 59.7 Å². The minimum Gasteiger partial charge on any atom is -0.497 e. The number of hydrogen-bond acceptors (Lipinski definition) is 3. The Labute approximate surface area is 172 Å². The van der Waals surface area contributed by atoms with Crippen molar-refractivity contribution in [1.29, 1.82) is 0 Å². The van der Waals surface area contributed by atoms with E-state index in [-0.39, 0.29) is 11.9 Å². The van der Waals surface area contributed by atoms with Gasteiger partial charge in [-0.3, -0.25) is 4.79 Å². The molecule has 0 saturated carbocycles. The quantitative estimate of drug-likeness (QED) is 0.734. The standard InChI is InChI=1S/C22H27N3O2S/c1-16(17-8-12-20(27-2)13-9-17)23-22(28)24-19-10-6-18(7-11-19)21(26)25-14-4-3-5-15-25/h6-13,16H,3-5,14-15H2,1-2H3,(H2,23,24,28)/t16-/m1/s1. The van der Waals surface area contributed by atoms with Crippen LogP contribution >= 0.6 is 12.2 Å². The Hall–Kier alpha value is -2.60. The fourth-order valence-electron chi connectivity index (χ4n) is 3.32. The lowest BCUT2D eigenvalue weighted by Crippen LogP contribution is -2.35. The lowest BCUT2D eigenvalue weighted by atomic mass is 10.1. The summed E-state index contributed by atoms with van der Waals surface area (Å²) in [6.07, 6.45) is 3.40. The van der Waals surface area contributed by atoms with Crippen molar-refractivity contribution in [1.82, 2.24) is 10.2 Å². The second-order valence-electron chi connectivity index (χ2n) is 7.02. The number of methoxy groups -OCH3 is 1. The lowest BCUT2D eigenvalue weighted by Gasteiger charge is -2.26. The van der Waals surface area contributed by atoms with Gasteiger partial charge in [-0.05, 0) is 80.4 Å². The monoisotopic (exact) mass is 397 g/mol. The molecule has 5 nitrogen and oxygen atoms in total. The zero-order valence-electron chi connectivity index (χ0n) is 16.4. The van der Waals surface area contributed by atoms with E-state index in [9.17, 15) is 4.79 Å². The Morgan fingerprint density at radius 1 is 1.04 bits per heavy atom. The maximum absolute atomic E-state index is 12.5. The van der Waals surface area contributed by atoms with Crippen LogP contribution in [0.5, 0.6) is 5.75 Å². The van der Waals surface area contributed by atoms with Crippen LogP contribution in [0.3, 0.4) is 0 Å². The second-order valence-corrected chi connectivity index (χ2v) is 7.43. The molecule has 2 N–H and O–H groups in total. The van der Waals surface area contributed by atoms with Gasteiger partial charge in [0.05, 0.1) is 13.2 Å². The summed E-state index contributed by atoms with van der Waals surface area (Å²) < 4.78 is 5.19. The number of rotatable bonds is 5. The molecule has 0 spiro atoms. The van der Waals surface area contributed by atoms with Crippen molar-refractivity contribution in [2.24, 2.45) is 0 Å². The van der Waals surface area contributed by atoms with Gasteiger partial charge in [-0.1, -0.05) is 12.1 Å². The van der Waals surface area contributed by atoms with Gasteiger partial charge < -0.3 is 20.3 Å². The first-order valence-electron chi connectivity index (χ1n) is 9.67. The van der Waals surface area contributed by atoms with Gasteiger partial charge in [0.25, 0.3) is 5.91 Å².